The fourth-order valence-electron chi connectivity index (χ4n) is 6.04. The van der Waals surface area contributed by atoms with Gasteiger partial charge in [0.2, 0.25) is 6.23 Å². The molecule has 3 aromatic carbocycles. The third-order valence-corrected chi connectivity index (χ3v) is 8.86. The Morgan fingerprint density at radius 3 is 2.42 bits per heavy atom. The highest BCUT2D eigenvalue weighted by atomic mass is 79.9. The van der Waals surface area contributed by atoms with Crippen LogP contribution in [0.4, 0.5) is 16.2 Å². The number of nitrogens with one attached hydrogen (secondary N) is 2. The van der Waals surface area contributed by atoms with Crippen LogP contribution in [0.1, 0.15) is 48.0 Å². The third-order valence-electron chi connectivity index (χ3n) is 8.17. The summed E-state index contributed by atoms with van der Waals surface area (Å²) in [5, 5.41) is 5.63. The van der Waals surface area contributed by atoms with Gasteiger partial charge in [-0.05, 0) is 95.2 Å². The number of ketones is 1. The van der Waals surface area contributed by atoms with E-state index in [2.05, 4.69) is 31.5 Å². The Labute approximate surface area is 260 Å². The number of hydrogen-bond acceptors (Lipinski definition) is 7. The number of likely N-dealkylation sites (tertiary alicyclic amines) is 1. The largest absolute Gasteiger partial charge is 0.495 e. The number of ether oxygens (including phenoxy) is 3. The number of methoxy groups -OCH3 is 2. The van der Waals surface area contributed by atoms with Gasteiger partial charge in [0.05, 0.1) is 31.2 Å². The van der Waals surface area contributed by atoms with E-state index in [9.17, 15) is 14.4 Å². The van der Waals surface area contributed by atoms with Crippen molar-refractivity contribution in [2.75, 3.05) is 31.4 Å². The lowest BCUT2D eigenvalue weighted by Crippen LogP contribution is -2.50. The van der Waals surface area contributed by atoms with Crippen LogP contribution >= 0.6 is 15.9 Å². The van der Waals surface area contributed by atoms with Gasteiger partial charge in [0.25, 0.3) is 0 Å². The van der Waals surface area contributed by atoms with Gasteiger partial charge in [0, 0.05) is 23.5 Å². The average molecular weight is 651 g/mol. The third kappa shape index (κ3) is 7.37. The van der Waals surface area contributed by atoms with Crippen LogP contribution in [0, 0.1) is 5.92 Å². The van der Waals surface area contributed by atoms with E-state index < -0.39 is 18.2 Å². The van der Waals surface area contributed by atoms with E-state index in [1.165, 1.54) is 27.1 Å². The predicted octanol–water partition coefficient (Wildman–Crippen LogP) is 6.67. The topological polar surface area (TPSA) is 106 Å². The summed E-state index contributed by atoms with van der Waals surface area (Å²) in [6, 6.07) is 19.2. The minimum Gasteiger partial charge on any atom is -0.495 e. The summed E-state index contributed by atoms with van der Waals surface area (Å²) in [6.07, 6.45) is 5.01. The normalized spacial score (nSPS) is 18.7. The molecule has 2 aliphatic rings. The highest BCUT2D eigenvalue weighted by molar-refractivity contribution is 9.10. The van der Waals surface area contributed by atoms with E-state index in [0.717, 1.165) is 35.8 Å². The summed E-state index contributed by atoms with van der Waals surface area (Å²) < 4.78 is 17.5. The monoisotopic (exact) mass is 649 g/mol. The first-order valence-electron chi connectivity index (χ1n) is 14.5. The minimum atomic E-state index is -0.768. The van der Waals surface area contributed by atoms with E-state index in [1.54, 1.807) is 42.5 Å². The molecule has 1 saturated heterocycles. The molecule has 5 rings (SSSR count). The first kappa shape index (κ1) is 30.6. The minimum absolute atomic E-state index is 0.0716. The number of Topliss-reactive ketones (excluding diaryl/α,β-unsaturated/α-hetero) is 1. The fraction of sp³-hybridized carbons (Fsp3) is 0.364. The number of fused-ring (bicyclic) bond motifs is 1. The van der Waals surface area contributed by atoms with Gasteiger partial charge in [-0.25, -0.2) is 9.59 Å². The maximum atomic E-state index is 13.9. The maximum absolute atomic E-state index is 13.9. The van der Waals surface area contributed by atoms with Crippen molar-refractivity contribution in [1.82, 2.24) is 4.90 Å². The Morgan fingerprint density at radius 1 is 0.930 bits per heavy atom. The van der Waals surface area contributed by atoms with Crippen LogP contribution in [0.5, 0.6) is 11.5 Å². The lowest BCUT2D eigenvalue weighted by atomic mass is 9.85. The number of benzene rings is 3. The van der Waals surface area contributed by atoms with Crippen molar-refractivity contribution < 1.29 is 28.6 Å². The van der Waals surface area contributed by atoms with Crippen molar-refractivity contribution in [2.45, 2.75) is 50.8 Å². The molecule has 1 aliphatic heterocycles. The number of halogens is 1. The van der Waals surface area contributed by atoms with E-state index in [1.807, 2.05) is 24.3 Å². The van der Waals surface area contributed by atoms with Gasteiger partial charge in [0.1, 0.15) is 11.5 Å². The maximum Gasteiger partial charge on any atom is 0.337 e. The van der Waals surface area contributed by atoms with Crippen molar-refractivity contribution in [3.63, 3.8) is 0 Å². The Bertz CT molecular complexity index is 1460. The average Bonchev–Trinajstić information content (AvgIpc) is 3.45. The smallest absolute Gasteiger partial charge is 0.337 e. The zero-order valence-electron chi connectivity index (χ0n) is 24.3. The summed E-state index contributed by atoms with van der Waals surface area (Å²) in [6.45, 7) is 0.796. The molecule has 9 nitrogen and oxygen atoms in total. The van der Waals surface area contributed by atoms with Gasteiger partial charge in [-0.2, -0.15) is 0 Å². The number of anilines is 2. The van der Waals surface area contributed by atoms with Gasteiger partial charge < -0.3 is 24.8 Å². The van der Waals surface area contributed by atoms with Gasteiger partial charge in [-0.15, -0.1) is 0 Å². The number of carbonyl (C=O) groups excluding carboxylic acids is 3. The number of hydrogen-bond donors (Lipinski definition) is 2. The van der Waals surface area contributed by atoms with Crippen LogP contribution in [-0.2, 0) is 16.0 Å². The molecule has 0 spiro atoms. The van der Waals surface area contributed by atoms with Gasteiger partial charge >= 0.3 is 12.0 Å². The van der Waals surface area contributed by atoms with Crippen molar-refractivity contribution in [2.24, 2.45) is 5.92 Å². The standard InChI is InChI=1S/C33H36BrN3O6/c1-41-30-20-21(11-16-27(30)36-33(40)35-26-9-5-4-8-25(26)34)19-29(38)31(37-18-17-22-7-3-6-10-28(22)37)43-24-14-12-23(13-15-24)32(39)42-2/h4-5,8-9,11-16,20,22,28,31H,3,6-7,10,17-19H2,1-2H3,(H2,35,36,40). The summed E-state index contributed by atoms with van der Waals surface area (Å²) >= 11 is 3.43. The molecule has 43 heavy (non-hydrogen) atoms. The number of carbonyl (C=O) groups is 3. The lowest BCUT2D eigenvalue weighted by Gasteiger charge is -2.36. The molecule has 10 heteroatoms. The van der Waals surface area contributed by atoms with E-state index >= 15 is 0 Å². The number of esters is 1. The van der Waals surface area contributed by atoms with Crippen molar-refractivity contribution in [3.05, 3.63) is 82.3 Å². The van der Waals surface area contributed by atoms with E-state index in [-0.39, 0.29) is 12.2 Å². The number of amides is 2. The van der Waals surface area contributed by atoms with E-state index in [0.29, 0.717) is 40.4 Å². The Hall–Kier alpha value is -3.89. The molecule has 3 atom stereocenters. The zero-order chi connectivity index (χ0) is 30.3. The molecule has 0 aromatic heterocycles. The van der Waals surface area contributed by atoms with E-state index in [4.69, 9.17) is 14.2 Å². The molecule has 1 heterocycles. The zero-order valence-corrected chi connectivity index (χ0v) is 25.9. The number of nitrogens with zero attached hydrogens (tertiary/aromatic N) is 1. The highest BCUT2D eigenvalue weighted by Crippen LogP contribution is 2.38. The lowest BCUT2D eigenvalue weighted by molar-refractivity contribution is -0.135. The molecule has 3 aromatic rings. The summed E-state index contributed by atoms with van der Waals surface area (Å²) in [5.74, 6) is 1.02. The first-order valence-corrected chi connectivity index (χ1v) is 15.3. The van der Waals surface area contributed by atoms with Crippen LogP contribution in [0.15, 0.2) is 71.2 Å². The Balaban J connectivity index is 1.32. The first-order chi connectivity index (χ1) is 20.9. The quantitative estimate of drug-likeness (QED) is 0.236. The summed E-state index contributed by atoms with van der Waals surface area (Å²) in [5.41, 5.74) is 2.27. The van der Waals surface area contributed by atoms with Crippen LogP contribution in [0.3, 0.4) is 0 Å². The molecule has 2 fully saturated rings. The molecule has 226 valence electrons. The van der Waals surface area contributed by atoms with Crippen LogP contribution in [-0.4, -0.2) is 55.7 Å². The SMILES string of the molecule is COC(=O)c1ccc(OC(C(=O)Cc2ccc(NC(=O)Nc3ccccc3Br)c(OC)c2)N2CCC3CCCCC32)cc1. The molecule has 2 N–H and O–H groups in total. The second-order valence-electron chi connectivity index (χ2n) is 10.9. The number of para-hydroxylation sites is 1. The Morgan fingerprint density at radius 2 is 1.67 bits per heavy atom. The molecular formula is C33H36BrN3O6. The molecule has 1 saturated carbocycles. The molecule has 1 aliphatic carbocycles. The van der Waals surface area contributed by atoms with Crippen LogP contribution in [0.25, 0.3) is 0 Å². The summed E-state index contributed by atoms with van der Waals surface area (Å²) in [7, 11) is 2.86. The highest BCUT2D eigenvalue weighted by Gasteiger charge is 2.42. The Kier molecular flexibility index (Phi) is 9.99. The predicted molar refractivity (Wildman–Crippen MR) is 168 cm³/mol. The summed E-state index contributed by atoms with van der Waals surface area (Å²) in [4.78, 5) is 40.7. The van der Waals surface area contributed by atoms with Crippen molar-refractivity contribution >= 4 is 45.1 Å². The molecular weight excluding hydrogens is 614 g/mol. The van der Waals surface area contributed by atoms with Crippen LogP contribution in [0.2, 0.25) is 0 Å². The molecule has 0 radical (unpaired) electrons. The number of rotatable bonds is 10. The van der Waals surface area contributed by atoms with Crippen LogP contribution < -0.4 is 20.1 Å². The number of urea groups is 1. The van der Waals surface area contributed by atoms with Gasteiger partial charge in [-0.1, -0.05) is 31.0 Å². The fourth-order valence-corrected chi connectivity index (χ4v) is 6.43. The van der Waals surface area contributed by atoms with Gasteiger partial charge in [-0.3, -0.25) is 9.69 Å². The molecule has 3 unspecified atom stereocenters. The second kappa shape index (κ2) is 14.1. The molecule has 2 amide bonds. The van der Waals surface area contributed by atoms with Crippen molar-refractivity contribution in [1.29, 1.82) is 0 Å². The van der Waals surface area contributed by atoms with Gasteiger partial charge in [0.15, 0.2) is 5.78 Å². The van der Waals surface area contributed by atoms with Crippen molar-refractivity contribution in [3.8, 4) is 11.5 Å². The molecule has 0 bridgehead atoms. The second-order valence-corrected chi connectivity index (χ2v) is 11.7.